The second-order valence-corrected chi connectivity index (χ2v) is 6.61. The highest BCUT2D eigenvalue weighted by Crippen LogP contribution is 2.53. The molecule has 1 saturated carbocycles. The van der Waals surface area contributed by atoms with Gasteiger partial charge in [0.2, 0.25) is 5.95 Å². The van der Waals surface area contributed by atoms with Crippen LogP contribution in [0.2, 0.25) is 0 Å². The Morgan fingerprint density at radius 1 is 1.32 bits per heavy atom. The second-order valence-electron chi connectivity index (χ2n) is 6.61. The molecule has 2 N–H and O–H groups in total. The molecule has 132 valence electrons. The number of nitrogens with one attached hydrogen (secondary N) is 2. The lowest BCUT2D eigenvalue weighted by atomic mass is 9.64. The highest BCUT2D eigenvalue weighted by atomic mass is 19.1. The molecule has 4 rings (SSSR count). The van der Waals surface area contributed by atoms with Crippen molar-refractivity contribution in [3.05, 3.63) is 35.4 Å². The molecule has 1 spiro atoms. The van der Waals surface area contributed by atoms with Crippen molar-refractivity contribution in [3.63, 3.8) is 0 Å². The van der Waals surface area contributed by atoms with Crippen LogP contribution in [0.4, 0.5) is 10.1 Å². The zero-order valence-electron chi connectivity index (χ0n) is 14.7. The SMILES string of the molecule is CNCc1cn(-c2cc3c(cc2OC)C2(CCC2)C(NC)=N3)nc1F. The summed E-state index contributed by atoms with van der Waals surface area (Å²) in [7, 11) is 5.32. The molecule has 1 aromatic carbocycles. The molecule has 2 heterocycles. The number of hydrogen-bond acceptors (Lipinski definition) is 5. The highest BCUT2D eigenvalue weighted by molar-refractivity contribution is 6.01. The minimum atomic E-state index is -0.480. The summed E-state index contributed by atoms with van der Waals surface area (Å²) in [5.74, 6) is 1.21. The molecule has 0 bridgehead atoms. The van der Waals surface area contributed by atoms with Crippen LogP contribution in [0.5, 0.6) is 5.75 Å². The summed E-state index contributed by atoms with van der Waals surface area (Å²) in [6.45, 7) is 0.421. The van der Waals surface area contributed by atoms with Gasteiger partial charge >= 0.3 is 0 Å². The van der Waals surface area contributed by atoms with E-state index in [4.69, 9.17) is 9.73 Å². The van der Waals surface area contributed by atoms with Gasteiger partial charge in [-0.1, -0.05) is 6.42 Å². The Balaban J connectivity index is 1.83. The summed E-state index contributed by atoms with van der Waals surface area (Å²) in [6, 6.07) is 3.98. The molecular formula is C18H22FN5O. The smallest absolute Gasteiger partial charge is 0.237 e. The van der Waals surface area contributed by atoms with Gasteiger partial charge in [-0.15, -0.1) is 5.10 Å². The van der Waals surface area contributed by atoms with E-state index < -0.39 is 5.95 Å². The zero-order valence-corrected chi connectivity index (χ0v) is 14.7. The maximum Gasteiger partial charge on any atom is 0.237 e. The van der Waals surface area contributed by atoms with Gasteiger partial charge in [-0.2, -0.15) is 4.39 Å². The van der Waals surface area contributed by atoms with E-state index in [9.17, 15) is 4.39 Å². The van der Waals surface area contributed by atoms with E-state index in [2.05, 4.69) is 15.7 Å². The van der Waals surface area contributed by atoms with Crippen LogP contribution in [-0.4, -0.2) is 36.8 Å². The molecule has 1 fully saturated rings. The van der Waals surface area contributed by atoms with Gasteiger partial charge in [0.1, 0.15) is 17.3 Å². The van der Waals surface area contributed by atoms with Gasteiger partial charge in [-0.3, -0.25) is 0 Å². The van der Waals surface area contributed by atoms with Gasteiger partial charge in [0, 0.05) is 25.4 Å². The largest absolute Gasteiger partial charge is 0.494 e. The fourth-order valence-electron chi connectivity index (χ4n) is 3.88. The van der Waals surface area contributed by atoms with E-state index in [1.807, 2.05) is 19.2 Å². The molecule has 7 heteroatoms. The summed E-state index contributed by atoms with van der Waals surface area (Å²) in [5.41, 5.74) is 3.29. The van der Waals surface area contributed by atoms with E-state index in [1.165, 1.54) is 16.7 Å². The minimum Gasteiger partial charge on any atom is -0.494 e. The standard InChI is InChI=1S/C18H22FN5O/c1-20-9-11-10-24(23-16(11)19)14-8-13-12(7-15(14)25-3)18(5-4-6-18)17(21-2)22-13/h7-8,10,20H,4-6,9H2,1-3H3,(H,21,22). The second kappa shape index (κ2) is 5.84. The quantitative estimate of drug-likeness (QED) is 0.895. The lowest BCUT2D eigenvalue weighted by Gasteiger charge is -2.40. The number of rotatable bonds is 4. The van der Waals surface area contributed by atoms with Crippen LogP contribution < -0.4 is 15.4 Å². The number of ether oxygens (including phenoxy) is 1. The monoisotopic (exact) mass is 343 g/mol. The molecule has 0 radical (unpaired) electrons. The van der Waals surface area contributed by atoms with Crippen molar-refractivity contribution in [2.45, 2.75) is 31.2 Å². The maximum atomic E-state index is 14.0. The van der Waals surface area contributed by atoms with Gasteiger partial charge in [-0.05, 0) is 37.6 Å². The lowest BCUT2D eigenvalue weighted by Crippen LogP contribution is -2.45. The number of aliphatic imine (C=N–C) groups is 1. The molecule has 1 aromatic heterocycles. The summed E-state index contributed by atoms with van der Waals surface area (Å²) < 4.78 is 21.2. The third-order valence-corrected chi connectivity index (χ3v) is 5.29. The molecule has 1 aliphatic carbocycles. The molecule has 0 unspecified atom stereocenters. The normalized spacial score (nSPS) is 17.2. The zero-order chi connectivity index (χ0) is 17.6. The third-order valence-electron chi connectivity index (χ3n) is 5.29. The first-order chi connectivity index (χ1) is 12.1. The number of likely N-dealkylation sites (N-methyl/N-ethyl adjacent to an activating group) is 1. The van der Waals surface area contributed by atoms with Crippen LogP contribution >= 0.6 is 0 Å². The summed E-state index contributed by atoms with van der Waals surface area (Å²) in [5, 5.41) is 10.2. The maximum absolute atomic E-state index is 14.0. The van der Waals surface area contributed by atoms with Crippen LogP contribution in [0.15, 0.2) is 23.3 Å². The van der Waals surface area contributed by atoms with Crippen molar-refractivity contribution in [2.75, 3.05) is 21.2 Å². The number of nitrogens with zero attached hydrogens (tertiary/aromatic N) is 3. The Kier molecular flexibility index (Phi) is 3.76. The van der Waals surface area contributed by atoms with Crippen molar-refractivity contribution in [1.82, 2.24) is 20.4 Å². The molecule has 0 amide bonds. The van der Waals surface area contributed by atoms with E-state index >= 15 is 0 Å². The number of benzene rings is 1. The third kappa shape index (κ3) is 2.26. The molecule has 2 aliphatic rings. The van der Waals surface area contributed by atoms with Crippen molar-refractivity contribution in [2.24, 2.45) is 4.99 Å². The van der Waals surface area contributed by atoms with E-state index in [0.29, 0.717) is 23.5 Å². The summed E-state index contributed by atoms with van der Waals surface area (Å²) >= 11 is 0. The molecule has 25 heavy (non-hydrogen) atoms. The van der Waals surface area contributed by atoms with E-state index in [0.717, 1.165) is 24.4 Å². The van der Waals surface area contributed by atoms with Crippen LogP contribution in [0.1, 0.15) is 30.4 Å². The first-order valence-corrected chi connectivity index (χ1v) is 8.51. The first kappa shape index (κ1) is 16.1. The predicted octanol–water partition coefficient (Wildman–Crippen LogP) is 2.42. The molecule has 6 nitrogen and oxygen atoms in total. The molecule has 2 aromatic rings. The van der Waals surface area contributed by atoms with Crippen molar-refractivity contribution in [1.29, 1.82) is 0 Å². The predicted molar refractivity (Wildman–Crippen MR) is 94.5 cm³/mol. The van der Waals surface area contributed by atoms with Gasteiger partial charge in [0.05, 0.1) is 18.2 Å². The van der Waals surface area contributed by atoms with Crippen molar-refractivity contribution in [3.8, 4) is 11.4 Å². The lowest BCUT2D eigenvalue weighted by molar-refractivity contribution is 0.338. The highest BCUT2D eigenvalue weighted by Gasteiger charge is 2.48. The Labute approximate surface area is 146 Å². The Hall–Kier alpha value is -2.41. The van der Waals surface area contributed by atoms with Gasteiger partial charge in [0.15, 0.2) is 0 Å². The number of amidine groups is 1. The molecule has 0 saturated heterocycles. The van der Waals surface area contributed by atoms with Crippen LogP contribution in [0.25, 0.3) is 5.69 Å². The average molecular weight is 343 g/mol. The molecule has 1 aliphatic heterocycles. The van der Waals surface area contributed by atoms with Gasteiger partial charge in [-0.25, -0.2) is 9.67 Å². The van der Waals surface area contributed by atoms with E-state index in [1.54, 1.807) is 20.4 Å². The van der Waals surface area contributed by atoms with Crippen molar-refractivity contribution < 1.29 is 9.13 Å². The number of halogens is 1. The average Bonchev–Trinajstić information content (AvgIpc) is 3.10. The van der Waals surface area contributed by atoms with E-state index in [-0.39, 0.29) is 5.41 Å². The Morgan fingerprint density at radius 3 is 2.72 bits per heavy atom. The fourth-order valence-corrected chi connectivity index (χ4v) is 3.88. The van der Waals surface area contributed by atoms with Gasteiger partial charge in [0.25, 0.3) is 0 Å². The van der Waals surface area contributed by atoms with Gasteiger partial charge < -0.3 is 15.4 Å². The number of methoxy groups -OCH3 is 1. The topological polar surface area (TPSA) is 63.5 Å². The minimum absolute atomic E-state index is 0.0114. The number of fused-ring (bicyclic) bond motifs is 2. The van der Waals surface area contributed by atoms with Crippen LogP contribution in [0.3, 0.4) is 0 Å². The Morgan fingerprint density at radius 2 is 2.12 bits per heavy atom. The molecule has 0 atom stereocenters. The summed E-state index contributed by atoms with van der Waals surface area (Å²) in [6.07, 6.45) is 5.06. The number of aromatic nitrogens is 2. The Bertz CT molecular complexity index is 853. The first-order valence-electron chi connectivity index (χ1n) is 8.51. The fraction of sp³-hybridized carbons (Fsp3) is 0.444. The van der Waals surface area contributed by atoms with Crippen LogP contribution in [-0.2, 0) is 12.0 Å². The number of hydrogen-bond donors (Lipinski definition) is 2. The van der Waals surface area contributed by atoms with Crippen LogP contribution in [0, 0.1) is 5.95 Å². The van der Waals surface area contributed by atoms with Crippen molar-refractivity contribution >= 4 is 11.5 Å². The molecular weight excluding hydrogens is 321 g/mol. The summed E-state index contributed by atoms with van der Waals surface area (Å²) in [4.78, 5) is 4.78.